The number of carbonyl (C=O) groups excluding carboxylic acids is 3. The van der Waals surface area contributed by atoms with E-state index in [2.05, 4.69) is 21.5 Å². The highest BCUT2D eigenvalue weighted by Gasteiger charge is 2.25. The summed E-state index contributed by atoms with van der Waals surface area (Å²) in [5.41, 5.74) is 7.33. The minimum atomic E-state index is -0.848. The third-order valence-electron chi connectivity index (χ3n) is 4.80. The normalized spacial score (nSPS) is 12.5. The quantitative estimate of drug-likeness (QED) is 0.510. The van der Waals surface area contributed by atoms with E-state index in [0.29, 0.717) is 11.4 Å². The highest BCUT2D eigenvalue weighted by molar-refractivity contribution is 5.94. The fourth-order valence-electron chi connectivity index (χ4n) is 2.76. The van der Waals surface area contributed by atoms with Crippen molar-refractivity contribution in [3.05, 3.63) is 59.7 Å². The molecule has 2 unspecified atom stereocenters. The molecule has 0 bridgehead atoms. The second-order valence-electron chi connectivity index (χ2n) is 7.62. The van der Waals surface area contributed by atoms with Gasteiger partial charge in [0, 0.05) is 5.69 Å². The maximum Gasteiger partial charge on any atom is 0.319 e. The minimum Gasteiger partial charge on any atom is -0.481 e. The zero-order chi connectivity index (χ0) is 23.0. The van der Waals surface area contributed by atoms with Crippen LogP contribution in [0.1, 0.15) is 31.9 Å². The first-order valence-corrected chi connectivity index (χ1v) is 10.1. The van der Waals surface area contributed by atoms with Gasteiger partial charge in [0.2, 0.25) is 0 Å². The topological polar surface area (TPSA) is 109 Å². The van der Waals surface area contributed by atoms with Gasteiger partial charge >= 0.3 is 6.03 Å². The Labute approximate surface area is 182 Å². The van der Waals surface area contributed by atoms with Crippen LogP contribution in [-0.2, 0) is 9.59 Å². The second-order valence-corrected chi connectivity index (χ2v) is 7.62. The van der Waals surface area contributed by atoms with Crippen molar-refractivity contribution in [2.45, 2.75) is 46.8 Å². The summed E-state index contributed by atoms with van der Waals surface area (Å²) in [5, 5.41) is 5.29. The molecule has 2 aromatic carbocycles. The van der Waals surface area contributed by atoms with Gasteiger partial charge in [-0.2, -0.15) is 0 Å². The van der Waals surface area contributed by atoms with E-state index in [9.17, 15) is 14.4 Å². The second kappa shape index (κ2) is 11.0. The van der Waals surface area contributed by atoms with Crippen LogP contribution < -0.4 is 26.2 Å². The van der Waals surface area contributed by atoms with Crippen molar-refractivity contribution in [3.63, 3.8) is 0 Å². The van der Waals surface area contributed by atoms with Crippen LogP contribution >= 0.6 is 0 Å². The van der Waals surface area contributed by atoms with Gasteiger partial charge in [-0.25, -0.2) is 4.79 Å². The predicted molar refractivity (Wildman–Crippen MR) is 120 cm³/mol. The number of nitrogens with one attached hydrogen (secondary N) is 4. The van der Waals surface area contributed by atoms with Crippen LogP contribution in [0.25, 0.3) is 0 Å². The van der Waals surface area contributed by atoms with E-state index in [1.807, 2.05) is 32.0 Å². The van der Waals surface area contributed by atoms with Crippen molar-refractivity contribution < 1.29 is 19.1 Å². The Bertz CT molecular complexity index is 915. The van der Waals surface area contributed by atoms with Crippen molar-refractivity contribution >= 4 is 23.5 Å². The monoisotopic (exact) mass is 426 g/mol. The Morgan fingerprint density at radius 1 is 0.839 bits per heavy atom. The molecule has 0 aliphatic rings. The van der Waals surface area contributed by atoms with Crippen molar-refractivity contribution in [2.75, 3.05) is 5.32 Å². The van der Waals surface area contributed by atoms with E-state index in [0.717, 1.165) is 11.1 Å². The molecule has 0 spiro atoms. The van der Waals surface area contributed by atoms with Crippen LogP contribution in [-0.4, -0.2) is 30.0 Å². The molecule has 0 aliphatic heterocycles. The van der Waals surface area contributed by atoms with E-state index in [1.54, 1.807) is 51.1 Å². The number of hydrogen-bond donors (Lipinski definition) is 4. The lowest BCUT2D eigenvalue weighted by molar-refractivity contribution is -0.133. The van der Waals surface area contributed by atoms with E-state index in [1.165, 1.54) is 0 Å². The van der Waals surface area contributed by atoms with Gasteiger partial charge in [0.05, 0.1) is 0 Å². The first kappa shape index (κ1) is 23.7. The Morgan fingerprint density at radius 2 is 1.48 bits per heavy atom. The Hall–Kier alpha value is -3.55. The number of ether oxygens (including phenoxy) is 1. The molecule has 4 N–H and O–H groups in total. The number of rotatable bonds is 7. The number of urea groups is 1. The largest absolute Gasteiger partial charge is 0.481 e. The number of anilines is 1. The summed E-state index contributed by atoms with van der Waals surface area (Å²) in [7, 11) is 0. The fourth-order valence-corrected chi connectivity index (χ4v) is 2.76. The summed E-state index contributed by atoms with van der Waals surface area (Å²) >= 11 is 0. The van der Waals surface area contributed by atoms with E-state index in [4.69, 9.17) is 4.74 Å². The summed E-state index contributed by atoms with van der Waals surface area (Å²) in [6.45, 7) is 9.05. The van der Waals surface area contributed by atoms with Crippen molar-refractivity contribution in [2.24, 2.45) is 5.92 Å². The number of amides is 4. The molecule has 0 aliphatic carbocycles. The van der Waals surface area contributed by atoms with E-state index < -0.39 is 30.0 Å². The molecule has 2 atom stereocenters. The van der Waals surface area contributed by atoms with Gasteiger partial charge in [-0.1, -0.05) is 44.2 Å². The number of para-hydroxylation sites is 1. The van der Waals surface area contributed by atoms with Gasteiger partial charge in [-0.3, -0.25) is 20.4 Å². The summed E-state index contributed by atoms with van der Waals surface area (Å²) in [4.78, 5) is 37.1. The zero-order valence-corrected chi connectivity index (χ0v) is 18.5. The molecule has 0 aromatic heterocycles. The number of hydrazine groups is 1. The highest BCUT2D eigenvalue weighted by atomic mass is 16.5. The van der Waals surface area contributed by atoms with Gasteiger partial charge in [0.25, 0.3) is 11.8 Å². The van der Waals surface area contributed by atoms with Gasteiger partial charge in [-0.15, -0.1) is 0 Å². The molecule has 8 heteroatoms. The standard InChI is InChI=1S/C23H30N4O4/c1-14(2)20(25-23(30)24-18-11-7-6-8-12-18)22(29)27-26-21(28)17(5)31-19-13-9-10-15(3)16(19)4/h6-14,17,20H,1-5H3,(H,26,28)(H,27,29)(H2,24,25,30). The smallest absolute Gasteiger partial charge is 0.319 e. The van der Waals surface area contributed by atoms with Crippen LogP contribution in [0.4, 0.5) is 10.5 Å². The molecule has 0 radical (unpaired) electrons. The first-order valence-electron chi connectivity index (χ1n) is 10.1. The molecule has 0 fully saturated rings. The predicted octanol–water partition coefficient (Wildman–Crippen LogP) is 3.06. The van der Waals surface area contributed by atoms with Gasteiger partial charge in [0.15, 0.2) is 6.10 Å². The molecule has 31 heavy (non-hydrogen) atoms. The highest BCUT2D eigenvalue weighted by Crippen LogP contribution is 2.21. The minimum absolute atomic E-state index is 0.206. The molecule has 0 saturated heterocycles. The Morgan fingerprint density at radius 3 is 2.13 bits per heavy atom. The van der Waals surface area contributed by atoms with Gasteiger partial charge in [-0.05, 0) is 56.0 Å². The molecular formula is C23H30N4O4. The maximum absolute atomic E-state index is 12.5. The number of carbonyl (C=O) groups is 3. The third-order valence-corrected chi connectivity index (χ3v) is 4.80. The lowest BCUT2D eigenvalue weighted by atomic mass is 10.0. The summed E-state index contributed by atoms with van der Waals surface area (Å²) in [5.74, 6) is -0.647. The van der Waals surface area contributed by atoms with Crippen LogP contribution in [0.15, 0.2) is 48.5 Å². The maximum atomic E-state index is 12.5. The average Bonchev–Trinajstić information content (AvgIpc) is 2.73. The molecule has 0 heterocycles. The zero-order valence-electron chi connectivity index (χ0n) is 18.5. The SMILES string of the molecule is Cc1cccc(OC(C)C(=O)NNC(=O)C(NC(=O)Nc2ccccc2)C(C)C)c1C. The molecule has 2 rings (SSSR count). The van der Waals surface area contributed by atoms with Crippen LogP contribution in [0.3, 0.4) is 0 Å². The molecule has 0 saturated carbocycles. The van der Waals surface area contributed by atoms with Crippen molar-refractivity contribution in [3.8, 4) is 5.75 Å². The van der Waals surface area contributed by atoms with Crippen LogP contribution in [0, 0.1) is 19.8 Å². The summed E-state index contributed by atoms with van der Waals surface area (Å²) in [6, 6.07) is 13.1. The van der Waals surface area contributed by atoms with Crippen LogP contribution in [0.5, 0.6) is 5.75 Å². The van der Waals surface area contributed by atoms with E-state index >= 15 is 0 Å². The van der Waals surface area contributed by atoms with Gasteiger partial charge in [0.1, 0.15) is 11.8 Å². The van der Waals surface area contributed by atoms with Crippen molar-refractivity contribution in [1.82, 2.24) is 16.2 Å². The molecule has 166 valence electrons. The lowest BCUT2D eigenvalue weighted by Crippen LogP contribution is -2.56. The molecule has 4 amide bonds. The number of benzene rings is 2. The van der Waals surface area contributed by atoms with Gasteiger partial charge < -0.3 is 15.4 Å². The van der Waals surface area contributed by atoms with Crippen LogP contribution in [0.2, 0.25) is 0 Å². The Balaban J connectivity index is 1.89. The lowest BCUT2D eigenvalue weighted by Gasteiger charge is -2.23. The summed E-state index contributed by atoms with van der Waals surface area (Å²) in [6.07, 6.45) is -0.826. The third kappa shape index (κ3) is 7.02. The number of hydrogen-bond acceptors (Lipinski definition) is 4. The summed E-state index contributed by atoms with van der Waals surface area (Å²) < 4.78 is 5.72. The molecule has 2 aromatic rings. The fraction of sp³-hybridized carbons (Fsp3) is 0.348. The van der Waals surface area contributed by atoms with E-state index in [-0.39, 0.29) is 5.92 Å². The number of aryl methyl sites for hydroxylation is 1. The van der Waals surface area contributed by atoms with Crippen molar-refractivity contribution in [1.29, 1.82) is 0 Å². The first-order chi connectivity index (χ1) is 14.7. The Kier molecular flexibility index (Phi) is 8.43. The average molecular weight is 427 g/mol. The molecule has 8 nitrogen and oxygen atoms in total. The molecular weight excluding hydrogens is 396 g/mol.